The van der Waals surface area contributed by atoms with Crippen molar-refractivity contribution in [2.24, 2.45) is 0 Å². The number of hydrogen-bond acceptors (Lipinski definition) is 6. The van der Waals surface area contributed by atoms with Gasteiger partial charge in [0, 0.05) is 18.0 Å². The Hall–Kier alpha value is -2.97. The van der Waals surface area contributed by atoms with Gasteiger partial charge < -0.3 is 19.4 Å². The molecule has 0 saturated heterocycles. The molecule has 1 amide bonds. The quantitative estimate of drug-likeness (QED) is 0.216. The van der Waals surface area contributed by atoms with Gasteiger partial charge in [-0.2, -0.15) is 0 Å². The molecular formula is C24H27ClN4O3S. The zero-order valence-corrected chi connectivity index (χ0v) is 20.3. The SMILES string of the molecule is C=CCn1c(CCCOc2ccc(Cl)cc2C)nnc1SCC(=O)Nc1ccccc1OC. The molecule has 1 heterocycles. The molecule has 7 nitrogen and oxygen atoms in total. The van der Waals surface area contributed by atoms with Crippen LogP contribution in [0.25, 0.3) is 0 Å². The molecule has 1 N–H and O–H groups in total. The molecule has 9 heteroatoms. The Labute approximate surface area is 203 Å². The smallest absolute Gasteiger partial charge is 0.234 e. The molecule has 0 spiro atoms. The van der Waals surface area contributed by atoms with E-state index in [0.717, 1.165) is 23.6 Å². The number of rotatable bonds is 12. The number of aryl methyl sites for hydroxylation is 2. The molecular weight excluding hydrogens is 460 g/mol. The summed E-state index contributed by atoms with van der Waals surface area (Å²) in [6.07, 6.45) is 3.26. The van der Waals surface area contributed by atoms with Crippen molar-refractivity contribution in [1.29, 1.82) is 0 Å². The van der Waals surface area contributed by atoms with Crippen LogP contribution in [0.4, 0.5) is 5.69 Å². The van der Waals surface area contributed by atoms with Gasteiger partial charge in [-0.05, 0) is 49.2 Å². The average Bonchev–Trinajstić information content (AvgIpc) is 3.18. The van der Waals surface area contributed by atoms with Crippen LogP contribution in [-0.2, 0) is 17.8 Å². The highest BCUT2D eigenvalue weighted by Crippen LogP contribution is 2.25. The predicted molar refractivity (Wildman–Crippen MR) is 133 cm³/mol. The van der Waals surface area contributed by atoms with E-state index < -0.39 is 0 Å². The van der Waals surface area contributed by atoms with Gasteiger partial charge in [-0.15, -0.1) is 16.8 Å². The number of nitrogens with zero attached hydrogens (tertiary/aromatic N) is 3. The predicted octanol–water partition coefficient (Wildman–Crippen LogP) is 5.18. The van der Waals surface area contributed by atoms with Crippen molar-refractivity contribution in [1.82, 2.24) is 14.8 Å². The summed E-state index contributed by atoms with van der Waals surface area (Å²) in [7, 11) is 1.57. The highest BCUT2D eigenvalue weighted by Gasteiger charge is 2.14. The van der Waals surface area contributed by atoms with E-state index in [1.54, 1.807) is 25.3 Å². The Morgan fingerprint density at radius 1 is 1.24 bits per heavy atom. The zero-order valence-electron chi connectivity index (χ0n) is 18.7. The molecule has 0 radical (unpaired) electrons. The number of benzene rings is 2. The molecule has 3 aromatic rings. The third-order valence-corrected chi connectivity index (χ3v) is 5.96. The highest BCUT2D eigenvalue weighted by atomic mass is 35.5. The van der Waals surface area contributed by atoms with E-state index in [2.05, 4.69) is 22.1 Å². The van der Waals surface area contributed by atoms with Gasteiger partial charge >= 0.3 is 0 Å². The number of carbonyl (C=O) groups excluding carboxylic acids is 1. The molecule has 0 aliphatic carbocycles. The number of thioether (sulfide) groups is 1. The van der Waals surface area contributed by atoms with Gasteiger partial charge in [0.1, 0.15) is 17.3 Å². The van der Waals surface area contributed by atoms with Gasteiger partial charge in [-0.25, -0.2) is 0 Å². The van der Waals surface area contributed by atoms with Crippen molar-refractivity contribution in [3.05, 3.63) is 71.5 Å². The summed E-state index contributed by atoms with van der Waals surface area (Å²) in [5, 5.41) is 12.8. The van der Waals surface area contributed by atoms with Crippen LogP contribution >= 0.6 is 23.4 Å². The summed E-state index contributed by atoms with van der Waals surface area (Å²) in [5.41, 5.74) is 1.64. The molecule has 174 valence electrons. The van der Waals surface area contributed by atoms with Gasteiger partial charge in [0.15, 0.2) is 5.16 Å². The summed E-state index contributed by atoms with van der Waals surface area (Å²) in [6.45, 7) is 6.91. The fraction of sp³-hybridized carbons (Fsp3) is 0.292. The lowest BCUT2D eigenvalue weighted by molar-refractivity contribution is -0.113. The van der Waals surface area contributed by atoms with Crippen molar-refractivity contribution < 1.29 is 14.3 Å². The van der Waals surface area contributed by atoms with Crippen molar-refractivity contribution >= 4 is 35.0 Å². The Morgan fingerprint density at radius 3 is 2.82 bits per heavy atom. The molecule has 0 unspecified atom stereocenters. The number of hydrogen-bond donors (Lipinski definition) is 1. The van der Waals surface area contributed by atoms with E-state index in [1.807, 2.05) is 41.8 Å². The molecule has 0 aliphatic heterocycles. The third-order valence-electron chi connectivity index (χ3n) is 4.76. The Balaban J connectivity index is 1.54. The molecule has 1 aromatic heterocycles. The summed E-state index contributed by atoms with van der Waals surface area (Å²) < 4.78 is 13.1. The summed E-state index contributed by atoms with van der Waals surface area (Å²) >= 11 is 7.33. The highest BCUT2D eigenvalue weighted by molar-refractivity contribution is 7.99. The fourth-order valence-electron chi connectivity index (χ4n) is 3.17. The second kappa shape index (κ2) is 12.3. The molecule has 0 fully saturated rings. The number of anilines is 1. The Bertz CT molecular complexity index is 1100. The molecule has 0 aliphatic rings. The van der Waals surface area contributed by atoms with Crippen LogP contribution < -0.4 is 14.8 Å². The van der Waals surface area contributed by atoms with E-state index in [0.29, 0.717) is 41.2 Å². The maximum absolute atomic E-state index is 12.4. The van der Waals surface area contributed by atoms with Crippen LogP contribution in [-0.4, -0.2) is 40.1 Å². The summed E-state index contributed by atoms with van der Waals surface area (Å²) in [6, 6.07) is 12.9. The first-order valence-electron chi connectivity index (χ1n) is 10.5. The standard InChI is InChI=1S/C24H27ClN4O3S/c1-4-13-29-22(10-7-14-32-20-12-11-18(25)15-17(20)2)27-28-24(29)33-16-23(30)26-19-8-5-6-9-21(19)31-3/h4-6,8-9,11-12,15H,1,7,10,13-14,16H2,2-3H3,(H,26,30). The number of para-hydroxylation sites is 2. The minimum Gasteiger partial charge on any atom is -0.495 e. The number of allylic oxidation sites excluding steroid dienone is 1. The van der Waals surface area contributed by atoms with E-state index in [4.69, 9.17) is 21.1 Å². The largest absolute Gasteiger partial charge is 0.495 e. The van der Waals surface area contributed by atoms with Gasteiger partial charge in [0.05, 0.1) is 25.2 Å². The maximum Gasteiger partial charge on any atom is 0.234 e. The average molecular weight is 487 g/mol. The number of nitrogens with one attached hydrogen (secondary N) is 1. The molecule has 2 aromatic carbocycles. The monoisotopic (exact) mass is 486 g/mol. The molecule has 33 heavy (non-hydrogen) atoms. The minimum absolute atomic E-state index is 0.147. The van der Waals surface area contributed by atoms with E-state index in [1.165, 1.54) is 11.8 Å². The van der Waals surface area contributed by atoms with Crippen molar-refractivity contribution in [3.8, 4) is 11.5 Å². The van der Waals surface area contributed by atoms with Gasteiger partial charge in [0.2, 0.25) is 5.91 Å². The topological polar surface area (TPSA) is 78.3 Å². The lowest BCUT2D eigenvalue weighted by Gasteiger charge is -2.11. The zero-order chi connectivity index (χ0) is 23.6. The number of aromatic nitrogens is 3. The molecule has 0 atom stereocenters. The van der Waals surface area contributed by atoms with E-state index >= 15 is 0 Å². The number of methoxy groups -OCH3 is 1. The van der Waals surface area contributed by atoms with Gasteiger partial charge in [0.25, 0.3) is 0 Å². The van der Waals surface area contributed by atoms with Crippen LogP contribution in [0.2, 0.25) is 5.02 Å². The van der Waals surface area contributed by atoms with Crippen molar-refractivity contribution in [2.45, 2.75) is 31.5 Å². The van der Waals surface area contributed by atoms with Crippen LogP contribution in [0.1, 0.15) is 17.8 Å². The first-order valence-corrected chi connectivity index (χ1v) is 11.9. The second-order valence-corrected chi connectivity index (χ2v) is 8.58. The maximum atomic E-state index is 12.4. The number of ether oxygens (including phenoxy) is 2. The van der Waals surface area contributed by atoms with Crippen LogP contribution in [0.15, 0.2) is 60.3 Å². The Morgan fingerprint density at radius 2 is 2.06 bits per heavy atom. The van der Waals surface area contributed by atoms with E-state index in [9.17, 15) is 4.79 Å². The van der Waals surface area contributed by atoms with Crippen LogP contribution in [0.5, 0.6) is 11.5 Å². The summed E-state index contributed by atoms with van der Waals surface area (Å²) in [5.74, 6) is 2.32. The first-order chi connectivity index (χ1) is 16.0. The van der Waals surface area contributed by atoms with Gasteiger partial charge in [-0.3, -0.25) is 4.79 Å². The lowest BCUT2D eigenvalue weighted by Crippen LogP contribution is -2.15. The lowest BCUT2D eigenvalue weighted by atomic mass is 10.2. The second-order valence-electron chi connectivity index (χ2n) is 7.20. The van der Waals surface area contributed by atoms with Gasteiger partial charge in [-0.1, -0.05) is 41.6 Å². The number of carbonyl (C=O) groups is 1. The number of amides is 1. The summed E-state index contributed by atoms with van der Waals surface area (Å²) in [4.78, 5) is 12.4. The third kappa shape index (κ3) is 7.00. The van der Waals surface area contributed by atoms with Crippen molar-refractivity contribution in [3.63, 3.8) is 0 Å². The van der Waals surface area contributed by atoms with E-state index in [-0.39, 0.29) is 11.7 Å². The van der Waals surface area contributed by atoms with Crippen LogP contribution in [0.3, 0.4) is 0 Å². The Kier molecular flexibility index (Phi) is 9.21. The number of halogens is 1. The first kappa shape index (κ1) is 24.7. The molecule has 0 bridgehead atoms. The molecule has 3 rings (SSSR count). The minimum atomic E-state index is -0.147. The van der Waals surface area contributed by atoms with Crippen LogP contribution in [0, 0.1) is 6.92 Å². The normalized spacial score (nSPS) is 10.6. The molecule has 0 saturated carbocycles. The van der Waals surface area contributed by atoms with Crippen molar-refractivity contribution in [2.75, 3.05) is 24.8 Å². The fourth-order valence-corrected chi connectivity index (χ4v) is 4.17.